The number of nitrogens with one attached hydrogen (secondary N) is 4. The minimum atomic E-state index is -0.193. The van der Waals surface area contributed by atoms with E-state index in [1.807, 2.05) is 6.08 Å². The normalized spacial score (nSPS) is 21.7. The van der Waals surface area contributed by atoms with Crippen LogP contribution in [0.4, 0.5) is 0 Å². The standard InChI is InChI=1S/C23H33N7O/c1-17-5-4-14-30(17)16-22-28-20-9-8-19(15-21(20)29-22)27-23(31)18(6-2-10-24)7-3-12-26-13-11-25/h2-3,6-7,9-10,12,15,17,19,24,26H,4-5,8,11,13-14,16,25H2,1H3,(H,27,31)(H,28,29)/b6-2+,12-3+,18-7+,24-10?/t17-,19?/m0/s1. The number of hydrogen-bond donors (Lipinski definition) is 5. The molecule has 166 valence electrons. The molecule has 2 heterocycles. The summed E-state index contributed by atoms with van der Waals surface area (Å²) in [5.41, 5.74) is 5.91. The van der Waals surface area contributed by atoms with Crippen LogP contribution in [0.25, 0.3) is 12.2 Å². The van der Waals surface area contributed by atoms with E-state index in [1.54, 1.807) is 24.4 Å². The van der Waals surface area contributed by atoms with Gasteiger partial charge in [0.05, 0.1) is 23.3 Å². The molecular weight excluding hydrogens is 390 g/mol. The van der Waals surface area contributed by atoms with Crippen molar-refractivity contribution >= 4 is 24.3 Å². The van der Waals surface area contributed by atoms with Crippen LogP contribution in [0.1, 0.15) is 32.0 Å². The molecule has 1 aromatic rings. The Morgan fingerprint density at radius 3 is 3.06 bits per heavy atom. The quantitative estimate of drug-likeness (QED) is 0.157. The smallest absolute Gasteiger partial charge is 0.251 e. The first-order chi connectivity index (χ1) is 15.1. The monoisotopic (exact) mass is 423 g/mol. The van der Waals surface area contributed by atoms with Crippen molar-refractivity contribution in [3.8, 4) is 0 Å². The van der Waals surface area contributed by atoms with Gasteiger partial charge in [0.1, 0.15) is 5.82 Å². The van der Waals surface area contributed by atoms with Crippen LogP contribution in [0.5, 0.6) is 0 Å². The van der Waals surface area contributed by atoms with Crippen molar-refractivity contribution in [3.05, 3.63) is 52.6 Å². The summed E-state index contributed by atoms with van der Waals surface area (Å²) >= 11 is 0. The minimum absolute atomic E-state index is 0.127. The molecule has 1 aliphatic heterocycles. The number of H-pyrrole nitrogens is 1. The van der Waals surface area contributed by atoms with Crippen molar-refractivity contribution in [1.29, 1.82) is 5.41 Å². The Morgan fingerprint density at radius 1 is 1.45 bits per heavy atom. The molecule has 1 saturated heterocycles. The number of aromatic nitrogens is 2. The molecule has 0 spiro atoms. The number of nitrogens with zero attached hydrogens (tertiary/aromatic N) is 2. The SMILES string of the molecule is C[C@H]1CCCN1Cc1nc2c([nH]1)=CCC(NC(=O)C(/C=C/C=N)=C/C=C/NCCN)C=2. The molecule has 1 unspecified atom stereocenters. The Labute approximate surface area is 183 Å². The highest BCUT2D eigenvalue weighted by atomic mass is 16.1. The summed E-state index contributed by atoms with van der Waals surface area (Å²) in [5.74, 6) is 0.782. The summed E-state index contributed by atoms with van der Waals surface area (Å²) in [7, 11) is 0. The van der Waals surface area contributed by atoms with Crippen molar-refractivity contribution < 1.29 is 4.79 Å². The molecule has 3 rings (SSSR count). The molecule has 31 heavy (non-hydrogen) atoms. The third-order valence-electron chi connectivity index (χ3n) is 5.52. The van der Waals surface area contributed by atoms with E-state index >= 15 is 0 Å². The van der Waals surface area contributed by atoms with Crippen LogP contribution in [-0.4, -0.2) is 58.7 Å². The third kappa shape index (κ3) is 6.50. The van der Waals surface area contributed by atoms with Gasteiger partial charge in [0, 0.05) is 30.9 Å². The second-order valence-electron chi connectivity index (χ2n) is 7.88. The fourth-order valence-corrected chi connectivity index (χ4v) is 3.83. The number of likely N-dealkylation sites (tertiary alicyclic amines) is 1. The van der Waals surface area contributed by atoms with E-state index < -0.39 is 0 Å². The molecular formula is C23H33N7O. The Kier molecular flexibility index (Phi) is 8.37. The lowest BCUT2D eigenvalue weighted by atomic mass is 10.1. The van der Waals surface area contributed by atoms with Crippen molar-refractivity contribution in [1.82, 2.24) is 25.5 Å². The van der Waals surface area contributed by atoms with E-state index in [1.165, 1.54) is 18.9 Å². The molecule has 0 radical (unpaired) electrons. The number of rotatable bonds is 10. The highest BCUT2D eigenvalue weighted by Gasteiger charge is 2.21. The second-order valence-corrected chi connectivity index (χ2v) is 7.88. The van der Waals surface area contributed by atoms with Crippen LogP contribution < -0.4 is 27.1 Å². The molecule has 0 bridgehead atoms. The fourth-order valence-electron chi connectivity index (χ4n) is 3.83. The summed E-state index contributed by atoms with van der Waals surface area (Å²) < 4.78 is 0. The maximum absolute atomic E-state index is 12.8. The van der Waals surface area contributed by atoms with Gasteiger partial charge < -0.3 is 26.8 Å². The highest BCUT2D eigenvalue weighted by molar-refractivity contribution is 5.97. The summed E-state index contributed by atoms with van der Waals surface area (Å²) in [6, 6.07) is 0.471. The van der Waals surface area contributed by atoms with E-state index in [0.717, 1.165) is 35.8 Å². The summed E-state index contributed by atoms with van der Waals surface area (Å²) in [5, 5.41) is 15.2. The number of amides is 1. The average Bonchev–Trinajstić information content (AvgIpc) is 3.35. The lowest BCUT2D eigenvalue weighted by Gasteiger charge is -2.18. The lowest BCUT2D eigenvalue weighted by Crippen LogP contribution is -2.40. The first-order valence-corrected chi connectivity index (χ1v) is 10.9. The Balaban J connectivity index is 1.66. The topological polar surface area (TPSA) is 123 Å². The zero-order valence-corrected chi connectivity index (χ0v) is 18.1. The van der Waals surface area contributed by atoms with E-state index in [-0.39, 0.29) is 11.9 Å². The number of imidazole rings is 1. The summed E-state index contributed by atoms with van der Waals surface area (Å²) in [4.78, 5) is 23.4. The van der Waals surface area contributed by atoms with Gasteiger partial charge in [-0.25, -0.2) is 4.98 Å². The van der Waals surface area contributed by atoms with Gasteiger partial charge >= 0.3 is 0 Å². The molecule has 1 fully saturated rings. The van der Waals surface area contributed by atoms with Gasteiger partial charge in [-0.05, 0) is 69.3 Å². The van der Waals surface area contributed by atoms with Gasteiger partial charge in [0.15, 0.2) is 0 Å². The zero-order chi connectivity index (χ0) is 22.1. The molecule has 8 nitrogen and oxygen atoms in total. The number of fused-ring (bicyclic) bond motifs is 1. The Morgan fingerprint density at radius 2 is 2.32 bits per heavy atom. The van der Waals surface area contributed by atoms with Crippen LogP contribution in [0, 0.1) is 5.41 Å². The molecule has 0 saturated carbocycles. The largest absolute Gasteiger partial charge is 0.390 e. The first-order valence-electron chi connectivity index (χ1n) is 10.9. The summed E-state index contributed by atoms with van der Waals surface area (Å²) in [6.07, 6.45) is 16.8. The fraction of sp³-hybridized carbons (Fsp3) is 0.435. The van der Waals surface area contributed by atoms with Crippen molar-refractivity contribution in [2.45, 2.75) is 44.8 Å². The van der Waals surface area contributed by atoms with E-state index in [9.17, 15) is 4.79 Å². The van der Waals surface area contributed by atoms with Gasteiger partial charge in [0.25, 0.3) is 5.91 Å². The van der Waals surface area contributed by atoms with Crippen LogP contribution in [0.15, 0.2) is 36.1 Å². The average molecular weight is 424 g/mol. The summed E-state index contributed by atoms with van der Waals surface area (Å²) in [6.45, 7) is 5.42. The number of carbonyl (C=O) groups excluding carboxylic acids is 1. The van der Waals surface area contributed by atoms with Gasteiger partial charge in [-0.3, -0.25) is 9.69 Å². The number of carbonyl (C=O) groups is 1. The van der Waals surface area contributed by atoms with E-state index in [0.29, 0.717) is 31.1 Å². The predicted molar refractivity (Wildman–Crippen MR) is 125 cm³/mol. The van der Waals surface area contributed by atoms with Crippen molar-refractivity contribution in [2.75, 3.05) is 19.6 Å². The number of allylic oxidation sites excluding steroid dienone is 3. The lowest BCUT2D eigenvalue weighted by molar-refractivity contribution is -0.117. The van der Waals surface area contributed by atoms with Crippen molar-refractivity contribution in [3.63, 3.8) is 0 Å². The number of aromatic amines is 1. The molecule has 1 amide bonds. The molecule has 2 atom stereocenters. The van der Waals surface area contributed by atoms with Gasteiger partial charge in [-0.1, -0.05) is 6.08 Å². The highest BCUT2D eigenvalue weighted by Crippen LogP contribution is 2.17. The van der Waals surface area contributed by atoms with Crippen LogP contribution in [0.2, 0.25) is 0 Å². The first kappa shape index (κ1) is 22.7. The predicted octanol–water partition coefficient (Wildman–Crippen LogP) is 0.0377. The Hall–Kier alpha value is -2.97. The molecule has 0 aromatic carbocycles. The molecule has 6 N–H and O–H groups in total. The molecule has 1 aliphatic carbocycles. The molecule has 1 aromatic heterocycles. The second kappa shape index (κ2) is 11.4. The maximum Gasteiger partial charge on any atom is 0.251 e. The molecule has 2 aliphatic rings. The maximum atomic E-state index is 12.8. The number of hydrogen-bond acceptors (Lipinski definition) is 6. The van der Waals surface area contributed by atoms with E-state index in [2.05, 4.69) is 33.5 Å². The van der Waals surface area contributed by atoms with E-state index in [4.69, 9.17) is 16.1 Å². The van der Waals surface area contributed by atoms with Gasteiger partial charge in [-0.2, -0.15) is 0 Å². The van der Waals surface area contributed by atoms with Crippen LogP contribution in [0.3, 0.4) is 0 Å². The minimum Gasteiger partial charge on any atom is -0.390 e. The van der Waals surface area contributed by atoms with Crippen molar-refractivity contribution in [2.24, 2.45) is 5.73 Å². The number of nitrogens with two attached hydrogens (primary N) is 1. The third-order valence-corrected chi connectivity index (χ3v) is 5.52. The van der Waals surface area contributed by atoms with Crippen LogP contribution in [-0.2, 0) is 11.3 Å². The Bertz CT molecular complexity index is 973. The zero-order valence-electron chi connectivity index (χ0n) is 18.1. The van der Waals surface area contributed by atoms with Crippen LogP contribution >= 0.6 is 0 Å². The molecule has 8 heteroatoms. The van der Waals surface area contributed by atoms with Gasteiger partial charge in [0.2, 0.25) is 0 Å². The van der Waals surface area contributed by atoms with Gasteiger partial charge in [-0.15, -0.1) is 0 Å².